The van der Waals surface area contributed by atoms with Crippen molar-refractivity contribution in [3.05, 3.63) is 83.6 Å². The summed E-state index contributed by atoms with van der Waals surface area (Å²) >= 11 is 0. The first-order chi connectivity index (χ1) is 13.0. The van der Waals surface area contributed by atoms with Crippen LogP contribution in [0.5, 0.6) is 0 Å². The SMILES string of the molecule is CC(=O)c1cccc(Nc2cc(C(=O)Nc3cccc(C#N)c3)ccn2)c1. The van der Waals surface area contributed by atoms with Gasteiger partial charge in [-0.15, -0.1) is 0 Å². The van der Waals surface area contributed by atoms with Crippen LogP contribution in [0.1, 0.15) is 33.2 Å². The molecule has 2 N–H and O–H groups in total. The minimum absolute atomic E-state index is 0.0284. The topological polar surface area (TPSA) is 94.9 Å². The highest BCUT2D eigenvalue weighted by molar-refractivity contribution is 6.04. The molecule has 0 unspecified atom stereocenters. The summed E-state index contributed by atoms with van der Waals surface area (Å²) in [4.78, 5) is 28.2. The first-order valence-corrected chi connectivity index (χ1v) is 8.21. The number of nitriles is 1. The number of carbonyl (C=O) groups excluding carboxylic acids is 2. The van der Waals surface area contributed by atoms with E-state index in [4.69, 9.17) is 5.26 Å². The summed E-state index contributed by atoms with van der Waals surface area (Å²) in [5.41, 5.74) is 2.72. The molecule has 0 fully saturated rings. The molecule has 3 rings (SSSR count). The summed E-state index contributed by atoms with van der Waals surface area (Å²) in [5.74, 6) is 0.140. The second kappa shape index (κ2) is 7.93. The number of nitrogens with one attached hydrogen (secondary N) is 2. The lowest BCUT2D eigenvalue weighted by molar-refractivity contribution is 0.101. The molecule has 132 valence electrons. The average Bonchev–Trinajstić information content (AvgIpc) is 2.68. The number of carbonyl (C=O) groups is 2. The van der Waals surface area contributed by atoms with Crippen molar-refractivity contribution >= 4 is 28.9 Å². The average molecular weight is 356 g/mol. The molecule has 0 radical (unpaired) electrons. The van der Waals surface area contributed by atoms with E-state index in [0.717, 1.165) is 0 Å². The van der Waals surface area contributed by atoms with Gasteiger partial charge in [-0.25, -0.2) is 4.98 Å². The number of hydrogen-bond acceptors (Lipinski definition) is 5. The molecule has 27 heavy (non-hydrogen) atoms. The fraction of sp³-hybridized carbons (Fsp3) is 0.0476. The van der Waals surface area contributed by atoms with Crippen LogP contribution in [-0.2, 0) is 0 Å². The normalized spacial score (nSPS) is 9.93. The lowest BCUT2D eigenvalue weighted by Gasteiger charge is -2.09. The third-order valence-corrected chi connectivity index (χ3v) is 3.81. The van der Waals surface area contributed by atoms with Crippen molar-refractivity contribution in [1.29, 1.82) is 5.26 Å². The monoisotopic (exact) mass is 356 g/mol. The highest BCUT2D eigenvalue weighted by Gasteiger charge is 2.09. The predicted octanol–water partition coefficient (Wildman–Crippen LogP) is 4.15. The number of benzene rings is 2. The summed E-state index contributed by atoms with van der Waals surface area (Å²) in [7, 11) is 0. The van der Waals surface area contributed by atoms with Crippen LogP contribution < -0.4 is 10.6 Å². The van der Waals surface area contributed by atoms with Crippen molar-refractivity contribution in [2.75, 3.05) is 10.6 Å². The first-order valence-electron chi connectivity index (χ1n) is 8.21. The van der Waals surface area contributed by atoms with Gasteiger partial charge >= 0.3 is 0 Å². The molecule has 2 aromatic carbocycles. The zero-order valence-corrected chi connectivity index (χ0v) is 14.6. The Bertz CT molecular complexity index is 1050. The highest BCUT2D eigenvalue weighted by Crippen LogP contribution is 2.18. The Morgan fingerprint density at radius 2 is 1.74 bits per heavy atom. The van der Waals surface area contributed by atoms with Gasteiger partial charge in [-0.2, -0.15) is 5.26 Å². The maximum atomic E-state index is 12.5. The second-order valence-corrected chi connectivity index (χ2v) is 5.84. The minimum Gasteiger partial charge on any atom is -0.340 e. The Labute approximate surface area is 156 Å². The summed E-state index contributed by atoms with van der Waals surface area (Å²) < 4.78 is 0. The van der Waals surface area contributed by atoms with Gasteiger partial charge in [0.25, 0.3) is 5.91 Å². The molecule has 0 aliphatic rings. The Hall–Kier alpha value is -3.98. The molecule has 0 saturated carbocycles. The van der Waals surface area contributed by atoms with E-state index in [1.807, 2.05) is 12.1 Å². The summed E-state index contributed by atoms with van der Waals surface area (Å²) in [6.07, 6.45) is 1.53. The third-order valence-electron chi connectivity index (χ3n) is 3.81. The standard InChI is InChI=1S/C21H16N4O2/c1-14(26)16-5-3-7-19(11-16)24-20-12-17(8-9-23-20)21(27)25-18-6-2-4-15(10-18)13-22/h2-12H,1H3,(H,23,24)(H,25,27). The molecule has 0 bridgehead atoms. The van der Waals surface area contributed by atoms with Gasteiger partial charge in [0.2, 0.25) is 0 Å². The number of anilines is 3. The largest absolute Gasteiger partial charge is 0.340 e. The van der Waals surface area contributed by atoms with Gasteiger partial charge < -0.3 is 10.6 Å². The number of hydrogen-bond donors (Lipinski definition) is 2. The van der Waals surface area contributed by atoms with Gasteiger partial charge in [-0.1, -0.05) is 18.2 Å². The number of ketones is 1. The molecule has 0 atom stereocenters. The van der Waals surface area contributed by atoms with E-state index < -0.39 is 0 Å². The maximum Gasteiger partial charge on any atom is 0.255 e. The third kappa shape index (κ3) is 4.55. The van der Waals surface area contributed by atoms with E-state index >= 15 is 0 Å². The van der Waals surface area contributed by atoms with Gasteiger partial charge in [0, 0.05) is 28.7 Å². The van der Waals surface area contributed by atoms with E-state index in [0.29, 0.717) is 33.9 Å². The number of Topliss-reactive ketones (excluding diaryl/α,β-unsaturated/α-hetero) is 1. The van der Waals surface area contributed by atoms with Gasteiger partial charge in [0.1, 0.15) is 5.82 Å². The molecule has 0 saturated heterocycles. The van der Waals surface area contributed by atoms with Crippen LogP contribution in [0, 0.1) is 11.3 Å². The van der Waals surface area contributed by atoms with Gasteiger partial charge in [0.15, 0.2) is 5.78 Å². The molecule has 0 aliphatic heterocycles. The number of rotatable bonds is 5. The zero-order chi connectivity index (χ0) is 19.2. The Morgan fingerprint density at radius 1 is 0.963 bits per heavy atom. The molecule has 6 heteroatoms. The maximum absolute atomic E-state index is 12.5. The molecule has 3 aromatic rings. The fourth-order valence-corrected chi connectivity index (χ4v) is 2.47. The van der Waals surface area contributed by atoms with Crippen LogP contribution in [0.15, 0.2) is 66.9 Å². The molecular weight excluding hydrogens is 340 g/mol. The quantitative estimate of drug-likeness (QED) is 0.670. The van der Waals surface area contributed by atoms with E-state index in [2.05, 4.69) is 15.6 Å². The van der Waals surface area contributed by atoms with Gasteiger partial charge in [-0.3, -0.25) is 9.59 Å². The molecule has 1 aromatic heterocycles. The molecular formula is C21H16N4O2. The molecule has 1 heterocycles. The van der Waals surface area contributed by atoms with E-state index in [1.165, 1.54) is 13.1 Å². The van der Waals surface area contributed by atoms with Crippen molar-refractivity contribution in [2.45, 2.75) is 6.92 Å². The van der Waals surface area contributed by atoms with Gasteiger partial charge in [0.05, 0.1) is 11.6 Å². The summed E-state index contributed by atoms with van der Waals surface area (Å²) in [6, 6.07) is 19.0. The molecule has 0 spiro atoms. The van der Waals surface area contributed by atoms with Crippen molar-refractivity contribution in [1.82, 2.24) is 4.98 Å². The van der Waals surface area contributed by atoms with Gasteiger partial charge in [-0.05, 0) is 49.4 Å². The zero-order valence-electron chi connectivity index (χ0n) is 14.6. The summed E-state index contributed by atoms with van der Waals surface area (Å²) in [6.45, 7) is 1.50. The summed E-state index contributed by atoms with van der Waals surface area (Å²) in [5, 5.41) is 14.8. The Balaban J connectivity index is 1.77. The molecule has 1 amide bonds. The van der Waals surface area contributed by atoms with Crippen LogP contribution >= 0.6 is 0 Å². The lowest BCUT2D eigenvalue weighted by Crippen LogP contribution is -2.12. The van der Waals surface area contributed by atoms with Crippen LogP contribution in [-0.4, -0.2) is 16.7 Å². The molecule has 6 nitrogen and oxygen atoms in total. The first kappa shape index (κ1) is 17.8. The lowest BCUT2D eigenvalue weighted by atomic mass is 10.1. The minimum atomic E-state index is -0.312. The fourth-order valence-electron chi connectivity index (χ4n) is 2.47. The Kier molecular flexibility index (Phi) is 5.24. The number of nitrogens with zero attached hydrogens (tertiary/aromatic N) is 2. The number of pyridine rings is 1. The van der Waals surface area contributed by atoms with Crippen LogP contribution in [0.25, 0.3) is 0 Å². The smallest absolute Gasteiger partial charge is 0.255 e. The van der Waals surface area contributed by atoms with Crippen LogP contribution in [0.3, 0.4) is 0 Å². The highest BCUT2D eigenvalue weighted by atomic mass is 16.1. The van der Waals surface area contributed by atoms with Crippen molar-refractivity contribution in [3.8, 4) is 6.07 Å². The number of amides is 1. The van der Waals surface area contributed by atoms with E-state index in [9.17, 15) is 9.59 Å². The van der Waals surface area contributed by atoms with E-state index in [-0.39, 0.29) is 11.7 Å². The van der Waals surface area contributed by atoms with Crippen LogP contribution in [0.4, 0.5) is 17.2 Å². The molecule has 0 aliphatic carbocycles. The second-order valence-electron chi connectivity index (χ2n) is 5.84. The van der Waals surface area contributed by atoms with E-state index in [1.54, 1.807) is 54.6 Å². The predicted molar refractivity (Wildman–Crippen MR) is 103 cm³/mol. The van der Waals surface area contributed by atoms with Crippen molar-refractivity contribution in [3.63, 3.8) is 0 Å². The number of aromatic nitrogens is 1. The van der Waals surface area contributed by atoms with Crippen molar-refractivity contribution in [2.24, 2.45) is 0 Å². The Morgan fingerprint density at radius 3 is 2.52 bits per heavy atom. The van der Waals surface area contributed by atoms with Crippen molar-refractivity contribution < 1.29 is 9.59 Å². The van der Waals surface area contributed by atoms with Crippen LogP contribution in [0.2, 0.25) is 0 Å².